The first-order valence-electron chi connectivity index (χ1n) is 9.49. The van der Waals surface area contributed by atoms with Crippen LogP contribution in [0.1, 0.15) is 37.7 Å². The highest BCUT2D eigenvalue weighted by atomic mass is 32.2. The highest BCUT2D eigenvalue weighted by molar-refractivity contribution is 7.84. The van der Waals surface area contributed by atoms with Crippen molar-refractivity contribution in [1.29, 1.82) is 0 Å². The Morgan fingerprint density at radius 2 is 1.81 bits per heavy atom. The van der Waals surface area contributed by atoms with Crippen LogP contribution in [0.2, 0.25) is 0 Å². The zero-order valence-corrected chi connectivity index (χ0v) is 16.1. The van der Waals surface area contributed by atoms with Crippen molar-refractivity contribution in [2.45, 2.75) is 49.1 Å². The Labute approximate surface area is 162 Å². The van der Waals surface area contributed by atoms with Crippen LogP contribution in [-0.2, 0) is 16.6 Å². The molecule has 4 rings (SSSR count). The zero-order valence-electron chi connectivity index (χ0n) is 15.3. The van der Waals surface area contributed by atoms with Gasteiger partial charge in [-0.2, -0.15) is 0 Å². The number of pyridine rings is 1. The van der Waals surface area contributed by atoms with E-state index < -0.39 is 10.8 Å². The number of aromatic nitrogens is 3. The molecule has 5 nitrogen and oxygen atoms in total. The van der Waals surface area contributed by atoms with Crippen LogP contribution >= 0.6 is 0 Å². The molecule has 1 aromatic carbocycles. The van der Waals surface area contributed by atoms with Gasteiger partial charge in [0.25, 0.3) is 0 Å². The minimum atomic E-state index is -1.26. The third-order valence-corrected chi connectivity index (χ3v) is 6.26. The van der Waals surface area contributed by atoms with Gasteiger partial charge in [0.15, 0.2) is 0 Å². The van der Waals surface area contributed by atoms with Gasteiger partial charge in [0.2, 0.25) is 5.16 Å². The molecule has 1 atom stereocenters. The maximum Gasteiger partial charge on any atom is 0.205 e. The van der Waals surface area contributed by atoms with E-state index in [0.717, 1.165) is 17.1 Å². The second kappa shape index (κ2) is 8.48. The van der Waals surface area contributed by atoms with Crippen molar-refractivity contribution < 1.29 is 4.21 Å². The lowest BCUT2D eigenvalue weighted by atomic mass is 9.95. The topological polar surface area (TPSA) is 59.8 Å². The monoisotopic (exact) mass is 380 g/mol. The van der Waals surface area contributed by atoms with E-state index in [-0.39, 0.29) is 0 Å². The smallest absolute Gasteiger partial charge is 0.205 e. The lowest BCUT2D eigenvalue weighted by molar-refractivity contribution is 0.462. The maximum absolute atomic E-state index is 13.1. The third kappa shape index (κ3) is 4.27. The van der Waals surface area contributed by atoms with E-state index >= 15 is 0 Å². The van der Waals surface area contributed by atoms with E-state index in [1.807, 2.05) is 36.5 Å². The summed E-state index contributed by atoms with van der Waals surface area (Å²) in [5.41, 5.74) is 2.16. The van der Waals surface area contributed by atoms with Crippen LogP contribution in [0.5, 0.6) is 0 Å². The second-order valence-corrected chi connectivity index (χ2v) is 8.24. The van der Waals surface area contributed by atoms with Gasteiger partial charge >= 0.3 is 0 Å². The maximum atomic E-state index is 13.1. The fourth-order valence-corrected chi connectivity index (χ4v) is 4.80. The summed E-state index contributed by atoms with van der Waals surface area (Å²) in [5.74, 6) is 1.16. The number of hydrogen-bond acceptors (Lipinski definition) is 4. The molecule has 1 N–H and O–H groups in total. The Morgan fingerprint density at radius 3 is 2.63 bits per heavy atom. The molecule has 0 amide bonds. The number of anilines is 1. The predicted octanol–water partition coefficient (Wildman–Crippen LogP) is 4.32. The van der Waals surface area contributed by atoms with E-state index in [9.17, 15) is 4.21 Å². The SMILES string of the molecule is O=S(Cc1ccccc1NC1CCCCC1)c1nccn1-c1ccccn1. The van der Waals surface area contributed by atoms with Gasteiger partial charge in [-0.15, -0.1) is 0 Å². The molecule has 0 saturated heterocycles. The molecule has 1 unspecified atom stereocenters. The van der Waals surface area contributed by atoms with Crippen molar-refractivity contribution >= 4 is 16.5 Å². The third-order valence-electron chi connectivity index (χ3n) is 4.98. The zero-order chi connectivity index (χ0) is 18.5. The number of nitrogens with one attached hydrogen (secondary N) is 1. The largest absolute Gasteiger partial charge is 0.382 e. The minimum absolute atomic E-state index is 0.430. The Hall–Kier alpha value is -2.47. The Bertz CT molecular complexity index is 903. The molecule has 1 saturated carbocycles. The lowest BCUT2D eigenvalue weighted by Crippen LogP contribution is -2.23. The van der Waals surface area contributed by atoms with Crippen LogP contribution in [0.3, 0.4) is 0 Å². The number of nitrogens with zero attached hydrogens (tertiary/aromatic N) is 3. The first kappa shape index (κ1) is 17.9. The molecule has 2 aromatic heterocycles. The van der Waals surface area contributed by atoms with Gasteiger partial charge in [0.1, 0.15) is 5.82 Å². The highest BCUT2D eigenvalue weighted by Gasteiger charge is 2.18. The van der Waals surface area contributed by atoms with Crippen LogP contribution in [0.4, 0.5) is 5.69 Å². The van der Waals surface area contributed by atoms with E-state index in [2.05, 4.69) is 27.4 Å². The van der Waals surface area contributed by atoms with Gasteiger partial charge in [-0.25, -0.2) is 9.97 Å². The second-order valence-electron chi connectivity index (χ2n) is 6.89. The van der Waals surface area contributed by atoms with Gasteiger partial charge in [-0.1, -0.05) is 43.5 Å². The van der Waals surface area contributed by atoms with Crippen LogP contribution in [0.25, 0.3) is 5.82 Å². The van der Waals surface area contributed by atoms with E-state index in [0.29, 0.717) is 17.0 Å². The standard InChI is InChI=1S/C21H24N4OS/c26-27(21-23-14-15-25(21)20-12-6-7-13-22-20)16-17-8-4-5-11-19(17)24-18-9-2-1-3-10-18/h4-8,11-15,18,24H,1-3,9-10,16H2. The Kier molecular flexibility index (Phi) is 5.63. The van der Waals surface area contributed by atoms with Crippen LogP contribution in [-0.4, -0.2) is 24.8 Å². The summed E-state index contributed by atoms with van der Waals surface area (Å²) in [6, 6.07) is 14.4. The van der Waals surface area contributed by atoms with E-state index in [4.69, 9.17) is 0 Å². The predicted molar refractivity (Wildman–Crippen MR) is 108 cm³/mol. The van der Waals surface area contributed by atoms with Gasteiger partial charge in [-0.3, -0.25) is 8.78 Å². The van der Waals surface area contributed by atoms with Crippen molar-refractivity contribution in [2.75, 3.05) is 5.32 Å². The molecular formula is C21H24N4OS. The van der Waals surface area contributed by atoms with Gasteiger partial charge < -0.3 is 5.32 Å². The van der Waals surface area contributed by atoms with E-state index in [1.165, 1.54) is 32.1 Å². The van der Waals surface area contributed by atoms with Crippen molar-refractivity contribution in [3.8, 4) is 5.82 Å². The van der Waals surface area contributed by atoms with Gasteiger partial charge in [-0.05, 0) is 36.6 Å². The fraction of sp³-hybridized carbons (Fsp3) is 0.333. The number of hydrogen-bond donors (Lipinski definition) is 1. The Morgan fingerprint density at radius 1 is 1.00 bits per heavy atom. The van der Waals surface area contributed by atoms with Crippen molar-refractivity contribution in [3.63, 3.8) is 0 Å². The summed E-state index contributed by atoms with van der Waals surface area (Å²) in [6.45, 7) is 0. The summed E-state index contributed by atoms with van der Waals surface area (Å²) in [7, 11) is -1.26. The number of rotatable bonds is 6. The molecule has 140 valence electrons. The quantitative estimate of drug-likeness (QED) is 0.692. The Balaban J connectivity index is 1.53. The molecule has 0 radical (unpaired) electrons. The summed E-state index contributed by atoms with van der Waals surface area (Å²) in [6.07, 6.45) is 11.5. The average Bonchev–Trinajstić information content (AvgIpc) is 3.21. The van der Waals surface area contributed by atoms with Crippen molar-refractivity contribution in [1.82, 2.24) is 14.5 Å². The summed E-state index contributed by atoms with van der Waals surface area (Å²) in [4.78, 5) is 8.68. The fourth-order valence-electron chi connectivity index (χ4n) is 3.59. The van der Waals surface area contributed by atoms with E-state index in [1.54, 1.807) is 17.0 Å². The summed E-state index contributed by atoms with van der Waals surface area (Å²) >= 11 is 0. The number of benzene rings is 1. The highest BCUT2D eigenvalue weighted by Crippen LogP contribution is 2.25. The first-order valence-corrected chi connectivity index (χ1v) is 10.8. The molecule has 0 spiro atoms. The number of imidazole rings is 1. The van der Waals surface area contributed by atoms with Crippen molar-refractivity contribution in [3.05, 3.63) is 66.6 Å². The number of para-hydroxylation sites is 1. The van der Waals surface area contributed by atoms with Gasteiger partial charge in [0.05, 0.1) is 16.6 Å². The molecule has 1 aliphatic rings. The summed E-state index contributed by atoms with van der Waals surface area (Å²) in [5, 5.41) is 4.20. The summed E-state index contributed by atoms with van der Waals surface area (Å²) < 4.78 is 14.9. The molecule has 3 aromatic rings. The molecule has 1 aliphatic carbocycles. The molecular weight excluding hydrogens is 356 g/mol. The molecule has 2 heterocycles. The van der Waals surface area contributed by atoms with Gasteiger partial charge in [0, 0.05) is 30.3 Å². The van der Waals surface area contributed by atoms with Crippen LogP contribution < -0.4 is 5.32 Å². The minimum Gasteiger partial charge on any atom is -0.382 e. The molecule has 0 aliphatic heterocycles. The van der Waals surface area contributed by atoms with Crippen molar-refractivity contribution in [2.24, 2.45) is 0 Å². The van der Waals surface area contributed by atoms with Crippen LogP contribution in [0, 0.1) is 0 Å². The lowest BCUT2D eigenvalue weighted by Gasteiger charge is -2.25. The molecule has 1 fully saturated rings. The normalized spacial score (nSPS) is 16.1. The first-order chi connectivity index (χ1) is 13.3. The molecule has 6 heteroatoms. The molecule has 0 bridgehead atoms. The molecule has 27 heavy (non-hydrogen) atoms. The average molecular weight is 381 g/mol. The van der Waals surface area contributed by atoms with Crippen LogP contribution in [0.15, 0.2) is 66.2 Å².